The van der Waals surface area contributed by atoms with E-state index in [0.29, 0.717) is 22.9 Å². The van der Waals surface area contributed by atoms with Crippen molar-refractivity contribution in [3.8, 4) is 17.3 Å². The van der Waals surface area contributed by atoms with Crippen LogP contribution in [0.1, 0.15) is 18.5 Å². The van der Waals surface area contributed by atoms with Crippen molar-refractivity contribution >= 4 is 38.3 Å². The van der Waals surface area contributed by atoms with E-state index in [1.807, 2.05) is 6.92 Å². The Bertz CT molecular complexity index is 1490. The van der Waals surface area contributed by atoms with Crippen LogP contribution in [0, 0.1) is 12.7 Å². The molecule has 1 saturated heterocycles. The van der Waals surface area contributed by atoms with Gasteiger partial charge in [0.25, 0.3) is 10.0 Å². The van der Waals surface area contributed by atoms with Gasteiger partial charge in [0.15, 0.2) is 11.5 Å². The summed E-state index contributed by atoms with van der Waals surface area (Å²) in [6.07, 6.45) is 1.79. The molecule has 182 valence electrons. The number of halogens is 2. The number of aromatic nitrogens is 4. The van der Waals surface area contributed by atoms with E-state index in [4.69, 9.17) is 16.3 Å². The average molecular weight is 517 g/mol. The van der Waals surface area contributed by atoms with Crippen molar-refractivity contribution < 1.29 is 17.5 Å². The van der Waals surface area contributed by atoms with Gasteiger partial charge in [0.2, 0.25) is 5.88 Å². The van der Waals surface area contributed by atoms with Crippen LogP contribution >= 0.6 is 11.6 Å². The zero-order valence-corrected chi connectivity index (χ0v) is 20.3. The monoisotopic (exact) mass is 516 g/mol. The third-order valence-corrected chi connectivity index (χ3v) is 7.34. The first-order valence-corrected chi connectivity index (χ1v) is 12.8. The molecule has 0 saturated carbocycles. The first kappa shape index (κ1) is 23.5. The summed E-state index contributed by atoms with van der Waals surface area (Å²) in [4.78, 5) is 8.69. The third-order valence-electron chi connectivity index (χ3n) is 5.71. The van der Waals surface area contributed by atoms with Gasteiger partial charge >= 0.3 is 0 Å². The van der Waals surface area contributed by atoms with Crippen molar-refractivity contribution in [2.75, 3.05) is 17.8 Å². The molecule has 2 aromatic heterocycles. The van der Waals surface area contributed by atoms with Crippen LogP contribution < -0.4 is 14.8 Å². The summed E-state index contributed by atoms with van der Waals surface area (Å²) in [5.74, 6) is -0.0268. The predicted octanol–water partition coefficient (Wildman–Crippen LogP) is 4.05. The van der Waals surface area contributed by atoms with E-state index in [2.05, 4.69) is 30.2 Å². The van der Waals surface area contributed by atoms with E-state index in [1.54, 1.807) is 24.3 Å². The molecule has 2 aromatic carbocycles. The van der Waals surface area contributed by atoms with E-state index < -0.39 is 20.7 Å². The molecule has 0 atom stereocenters. The topological polar surface area (TPSA) is 122 Å². The summed E-state index contributed by atoms with van der Waals surface area (Å²) < 4.78 is 48.0. The van der Waals surface area contributed by atoms with Crippen LogP contribution in [0.25, 0.3) is 22.4 Å². The van der Waals surface area contributed by atoms with Gasteiger partial charge < -0.3 is 10.1 Å². The minimum absolute atomic E-state index is 0.0418. The first-order chi connectivity index (χ1) is 16.8. The molecule has 0 amide bonds. The van der Waals surface area contributed by atoms with Gasteiger partial charge in [0.05, 0.1) is 5.69 Å². The third kappa shape index (κ3) is 4.93. The lowest BCUT2D eigenvalue weighted by Crippen LogP contribution is -2.34. The highest BCUT2D eigenvalue weighted by molar-refractivity contribution is 7.92. The number of hydrogen-bond donors (Lipinski definition) is 3. The smallest absolute Gasteiger partial charge is 0.264 e. The minimum atomic E-state index is -4.17. The van der Waals surface area contributed by atoms with Crippen molar-refractivity contribution in [2.24, 2.45) is 0 Å². The molecule has 0 aliphatic carbocycles. The van der Waals surface area contributed by atoms with Gasteiger partial charge in [-0.05, 0) is 75.3 Å². The quantitative estimate of drug-likeness (QED) is 0.353. The molecule has 12 heteroatoms. The Hall–Kier alpha value is -3.28. The molecular weight excluding hydrogens is 495 g/mol. The van der Waals surface area contributed by atoms with E-state index in [1.165, 1.54) is 6.07 Å². The summed E-state index contributed by atoms with van der Waals surface area (Å²) in [5, 5.41) is 11.3. The summed E-state index contributed by atoms with van der Waals surface area (Å²) >= 11 is 5.84. The highest BCUT2D eigenvalue weighted by atomic mass is 35.5. The van der Waals surface area contributed by atoms with Gasteiger partial charge in [-0.3, -0.25) is 9.82 Å². The van der Waals surface area contributed by atoms with Crippen molar-refractivity contribution in [1.29, 1.82) is 0 Å². The van der Waals surface area contributed by atoms with E-state index in [0.717, 1.165) is 49.1 Å². The summed E-state index contributed by atoms with van der Waals surface area (Å²) in [7, 11) is -4.17. The number of fused-ring (bicyclic) bond motifs is 1. The molecule has 1 aliphatic heterocycles. The molecule has 1 fully saturated rings. The number of ether oxygens (including phenoxy) is 1. The molecule has 5 rings (SSSR count). The Morgan fingerprint density at radius 1 is 1.11 bits per heavy atom. The lowest BCUT2D eigenvalue weighted by Gasteiger charge is -2.23. The zero-order chi connectivity index (χ0) is 24.6. The molecule has 3 heterocycles. The largest absolute Gasteiger partial charge is 0.474 e. The highest BCUT2D eigenvalue weighted by Gasteiger charge is 2.22. The molecular formula is C23H22ClFN6O3S. The molecule has 4 aromatic rings. The number of aromatic amines is 1. The number of hydrogen-bond acceptors (Lipinski definition) is 7. The van der Waals surface area contributed by atoms with Gasteiger partial charge in [0.1, 0.15) is 22.2 Å². The normalized spacial score (nSPS) is 14.8. The van der Waals surface area contributed by atoms with Crippen LogP contribution in [0.2, 0.25) is 5.02 Å². The summed E-state index contributed by atoms with van der Waals surface area (Å²) in [5.41, 5.74) is 2.19. The predicted molar refractivity (Wildman–Crippen MR) is 131 cm³/mol. The second-order valence-electron chi connectivity index (χ2n) is 8.21. The standard InChI is InChI=1S/C23H22ClFN6O3S/c1-13-20-22(30-29-13)27-21(28-23(20)34-17-8-10-26-11-9-17)14-2-5-16(6-3-14)31-35(32,33)19-12-15(24)4-7-18(19)25/h2-7,12,17,26,31H,8-11H2,1H3,(H,27,28,29,30). The highest BCUT2D eigenvalue weighted by Crippen LogP contribution is 2.30. The van der Waals surface area contributed by atoms with Gasteiger partial charge in [-0.15, -0.1) is 0 Å². The fourth-order valence-corrected chi connectivity index (χ4v) is 5.31. The first-order valence-electron chi connectivity index (χ1n) is 11.0. The maximum atomic E-state index is 14.1. The SMILES string of the molecule is Cc1n[nH]c2nc(-c3ccc(NS(=O)(=O)c4cc(Cl)ccc4F)cc3)nc(OC3CCNCC3)c12. The van der Waals surface area contributed by atoms with E-state index >= 15 is 0 Å². The van der Waals surface area contributed by atoms with Crippen LogP contribution in [0.15, 0.2) is 47.4 Å². The van der Waals surface area contributed by atoms with Gasteiger partial charge in [0, 0.05) is 16.3 Å². The zero-order valence-electron chi connectivity index (χ0n) is 18.7. The molecule has 9 nitrogen and oxygen atoms in total. The number of nitrogens with zero attached hydrogens (tertiary/aromatic N) is 3. The van der Waals surface area contributed by atoms with Crippen LogP contribution in [0.4, 0.5) is 10.1 Å². The van der Waals surface area contributed by atoms with Crippen LogP contribution in [0.5, 0.6) is 5.88 Å². The molecule has 35 heavy (non-hydrogen) atoms. The summed E-state index contributed by atoms with van der Waals surface area (Å²) in [6, 6.07) is 9.80. The molecule has 0 spiro atoms. The Morgan fingerprint density at radius 3 is 2.60 bits per heavy atom. The van der Waals surface area contributed by atoms with Gasteiger partial charge in [-0.25, -0.2) is 17.8 Å². The van der Waals surface area contributed by atoms with Crippen molar-refractivity contribution in [3.05, 3.63) is 59.0 Å². The number of nitrogens with one attached hydrogen (secondary N) is 3. The number of anilines is 1. The van der Waals surface area contributed by atoms with Crippen molar-refractivity contribution in [2.45, 2.75) is 30.8 Å². The molecule has 0 radical (unpaired) electrons. The number of sulfonamides is 1. The summed E-state index contributed by atoms with van der Waals surface area (Å²) in [6.45, 7) is 3.62. The Morgan fingerprint density at radius 2 is 1.86 bits per heavy atom. The van der Waals surface area contributed by atoms with Crippen LogP contribution in [-0.4, -0.2) is 47.8 Å². The molecule has 3 N–H and O–H groups in total. The maximum Gasteiger partial charge on any atom is 0.264 e. The number of aryl methyl sites for hydroxylation is 1. The minimum Gasteiger partial charge on any atom is -0.474 e. The molecule has 0 unspecified atom stereocenters. The second kappa shape index (κ2) is 9.40. The van der Waals surface area contributed by atoms with Crippen LogP contribution in [-0.2, 0) is 10.0 Å². The van der Waals surface area contributed by atoms with Gasteiger partial charge in [-0.2, -0.15) is 10.1 Å². The molecule has 1 aliphatic rings. The second-order valence-corrected chi connectivity index (χ2v) is 10.3. The van der Waals surface area contributed by atoms with E-state index in [-0.39, 0.29) is 16.8 Å². The van der Waals surface area contributed by atoms with Crippen molar-refractivity contribution in [3.63, 3.8) is 0 Å². The van der Waals surface area contributed by atoms with Crippen LogP contribution in [0.3, 0.4) is 0 Å². The maximum absolute atomic E-state index is 14.1. The van der Waals surface area contributed by atoms with E-state index in [9.17, 15) is 12.8 Å². The number of piperidine rings is 1. The Labute approximate surface area is 206 Å². The van der Waals surface area contributed by atoms with Crippen molar-refractivity contribution in [1.82, 2.24) is 25.5 Å². The Balaban J connectivity index is 1.43. The Kier molecular flexibility index (Phi) is 6.30. The fourth-order valence-electron chi connectivity index (χ4n) is 3.91. The average Bonchev–Trinajstić information content (AvgIpc) is 3.22. The van der Waals surface area contributed by atoms with Gasteiger partial charge in [-0.1, -0.05) is 11.6 Å². The molecule has 0 bridgehead atoms. The lowest BCUT2D eigenvalue weighted by molar-refractivity contribution is 0.158. The number of rotatable bonds is 6. The fraction of sp³-hybridized carbons (Fsp3) is 0.261. The lowest BCUT2D eigenvalue weighted by atomic mass is 10.1. The number of benzene rings is 2. The number of H-pyrrole nitrogens is 1.